The highest BCUT2D eigenvalue weighted by Gasteiger charge is 2.29. The SMILES string of the molecule is COc1ccc(N2CCN(c3ccc4nnc(C5CC5)n4n3)CC2)cc1F. The van der Waals surface area contributed by atoms with Gasteiger partial charge in [0, 0.05) is 43.9 Å². The Balaban J connectivity index is 1.32. The summed E-state index contributed by atoms with van der Waals surface area (Å²) in [4.78, 5) is 4.44. The average Bonchev–Trinajstić information content (AvgIpc) is 3.47. The molecular weight excluding hydrogens is 347 g/mol. The zero-order valence-electron chi connectivity index (χ0n) is 15.2. The predicted octanol–water partition coefficient (Wildman–Crippen LogP) is 2.48. The van der Waals surface area contributed by atoms with Gasteiger partial charge in [-0.2, -0.15) is 4.52 Å². The molecule has 2 aliphatic rings. The molecule has 1 aliphatic carbocycles. The molecule has 0 atom stereocenters. The largest absolute Gasteiger partial charge is 0.494 e. The molecule has 1 saturated heterocycles. The van der Waals surface area contributed by atoms with Crippen LogP contribution in [0.5, 0.6) is 5.75 Å². The maximum atomic E-state index is 14.0. The van der Waals surface area contributed by atoms with E-state index in [1.54, 1.807) is 6.07 Å². The molecule has 2 aromatic heterocycles. The molecule has 1 aliphatic heterocycles. The lowest BCUT2D eigenvalue weighted by atomic mass is 10.2. The number of hydrogen-bond acceptors (Lipinski definition) is 6. The summed E-state index contributed by atoms with van der Waals surface area (Å²) in [5, 5.41) is 13.3. The molecule has 0 amide bonds. The molecule has 1 aromatic carbocycles. The molecule has 27 heavy (non-hydrogen) atoms. The third-order valence-electron chi connectivity index (χ3n) is 5.32. The molecule has 140 valence electrons. The van der Waals surface area contributed by atoms with Crippen molar-refractivity contribution in [1.29, 1.82) is 0 Å². The van der Waals surface area contributed by atoms with Crippen molar-refractivity contribution in [3.05, 3.63) is 42.0 Å². The highest BCUT2D eigenvalue weighted by atomic mass is 19.1. The Bertz CT molecular complexity index is 977. The lowest BCUT2D eigenvalue weighted by Gasteiger charge is -2.36. The van der Waals surface area contributed by atoms with Crippen LogP contribution in [0.2, 0.25) is 0 Å². The zero-order chi connectivity index (χ0) is 18.4. The fourth-order valence-corrected chi connectivity index (χ4v) is 3.61. The minimum absolute atomic E-state index is 0.273. The van der Waals surface area contributed by atoms with Crippen LogP contribution in [0.3, 0.4) is 0 Å². The molecule has 2 fully saturated rings. The van der Waals surface area contributed by atoms with Crippen molar-refractivity contribution in [2.45, 2.75) is 18.8 Å². The Hall–Kier alpha value is -2.90. The Labute approximate surface area is 156 Å². The number of methoxy groups -OCH3 is 1. The van der Waals surface area contributed by atoms with Crippen LogP contribution < -0.4 is 14.5 Å². The predicted molar refractivity (Wildman–Crippen MR) is 100 cm³/mol. The van der Waals surface area contributed by atoms with E-state index in [-0.39, 0.29) is 11.6 Å². The van der Waals surface area contributed by atoms with Crippen LogP contribution in [-0.4, -0.2) is 53.1 Å². The molecule has 0 spiro atoms. The topological polar surface area (TPSA) is 58.8 Å². The lowest BCUT2D eigenvalue weighted by molar-refractivity contribution is 0.386. The van der Waals surface area contributed by atoms with Crippen molar-refractivity contribution in [3.63, 3.8) is 0 Å². The van der Waals surface area contributed by atoms with Gasteiger partial charge in [-0.3, -0.25) is 0 Å². The molecule has 3 heterocycles. The highest BCUT2D eigenvalue weighted by Crippen LogP contribution is 2.38. The van der Waals surface area contributed by atoms with E-state index in [2.05, 4.69) is 20.0 Å². The first-order chi connectivity index (χ1) is 13.2. The number of hydrogen-bond donors (Lipinski definition) is 0. The third kappa shape index (κ3) is 2.94. The van der Waals surface area contributed by atoms with Crippen LogP contribution in [-0.2, 0) is 0 Å². The van der Waals surface area contributed by atoms with Gasteiger partial charge in [0.1, 0.15) is 5.82 Å². The smallest absolute Gasteiger partial charge is 0.178 e. The van der Waals surface area contributed by atoms with Gasteiger partial charge in [0.05, 0.1) is 7.11 Å². The summed E-state index contributed by atoms with van der Waals surface area (Å²) < 4.78 is 20.9. The molecule has 0 N–H and O–H groups in total. The number of rotatable bonds is 4. The van der Waals surface area contributed by atoms with E-state index in [0.717, 1.165) is 49.2 Å². The van der Waals surface area contributed by atoms with Gasteiger partial charge >= 0.3 is 0 Å². The Morgan fingerprint density at radius 1 is 1.00 bits per heavy atom. The first-order valence-corrected chi connectivity index (χ1v) is 9.29. The third-order valence-corrected chi connectivity index (χ3v) is 5.32. The average molecular weight is 368 g/mol. The van der Waals surface area contributed by atoms with Gasteiger partial charge in [0.15, 0.2) is 23.0 Å². The van der Waals surface area contributed by atoms with Gasteiger partial charge in [-0.25, -0.2) is 4.39 Å². The maximum absolute atomic E-state index is 14.0. The Kier molecular flexibility index (Phi) is 3.84. The van der Waals surface area contributed by atoms with Crippen molar-refractivity contribution in [3.8, 4) is 5.75 Å². The van der Waals surface area contributed by atoms with E-state index in [1.165, 1.54) is 26.0 Å². The summed E-state index contributed by atoms with van der Waals surface area (Å²) in [5.41, 5.74) is 1.68. The number of piperazine rings is 1. The van der Waals surface area contributed by atoms with E-state index >= 15 is 0 Å². The second-order valence-corrected chi connectivity index (χ2v) is 7.09. The van der Waals surface area contributed by atoms with E-state index < -0.39 is 0 Å². The number of aromatic nitrogens is 4. The first-order valence-electron chi connectivity index (χ1n) is 9.29. The molecule has 0 bridgehead atoms. The summed E-state index contributed by atoms with van der Waals surface area (Å²) >= 11 is 0. The zero-order valence-corrected chi connectivity index (χ0v) is 15.2. The van der Waals surface area contributed by atoms with E-state index in [1.807, 2.05) is 22.7 Å². The number of benzene rings is 1. The molecule has 0 radical (unpaired) electrons. The molecule has 8 heteroatoms. The van der Waals surface area contributed by atoms with Gasteiger partial charge in [0.2, 0.25) is 0 Å². The molecule has 1 saturated carbocycles. The van der Waals surface area contributed by atoms with Crippen LogP contribution in [0.1, 0.15) is 24.6 Å². The van der Waals surface area contributed by atoms with E-state index in [0.29, 0.717) is 5.92 Å². The number of anilines is 2. The summed E-state index contributed by atoms with van der Waals surface area (Å²) in [6.07, 6.45) is 2.34. The monoisotopic (exact) mass is 368 g/mol. The highest BCUT2D eigenvalue weighted by molar-refractivity contribution is 5.52. The second-order valence-electron chi connectivity index (χ2n) is 7.09. The lowest BCUT2D eigenvalue weighted by Crippen LogP contribution is -2.47. The van der Waals surface area contributed by atoms with E-state index in [4.69, 9.17) is 9.84 Å². The minimum Gasteiger partial charge on any atom is -0.494 e. The van der Waals surface area contributed by atoms with Crippen molar-refractivity contribution in [2.75, 3.05) is 43.1 Å². The van der Waals surface area contributed by atoms with Crippen LogP contribution in [0.4, 0.5) is 15.9 Å². The Morgan fingerprint density at radius 3 is 2.48 bits per heavy atom. The first kappa shape index (κ1) is 16.3. The van der Waals surface area contributed by atoms with Gasteiger partial charge in [-0.05, 0) is 37.1 Å². The van der Waals surface area contributed by atoms with Crippen LogP contribution in [0.15, 0.2) is 30.3 Å². The molecule has 7 nitrogen and oxygen atoms in total. The fraction of sp³-hybridized carbons (Fsp3) is 0.421. The van der Waals surface area contributed by atoms with Crippen molar-refractivity contribution in [2.24, 2.45) is 0 Å². The maximum Gasteiger partial charge on any atom is 0.178 e. The van der Waals surface area contributed by atoms with Crippen LogP contribution in [0.25, 0.3) is 5.65 Å². The van der Waals surface area contributed by atoms with Crippen molar-refractivity contribution in [1.82, 2.24) is 19.8 Å². The summed E-state index contributed by atoms with van der Waals surface area (Å²) in [5.74, 6) is 2.36. The van der Waals surface area contributed by atoms with Crippen LogP contribution in [0, 0.1) is 5.82 Å². The quantitative estimate of drug-likeness (QED) is 0.705. The number of halogens is 1. The van der Waals surface area contributed by atoms with Gasteiger partial charge in [0.25, 0.3) is 0 Å². The molecular formula is C19H21FN6O. The number of ether oxygens (including phenoxy) is 1. The van der Waals surface area contributed by atoms with Gasteiger partial charge in [-0.15, -0.1) is 15.3 Å². The second kappa shape index (κ2) is 6.37. The fourth-order valence-electron chi connectivity index (χ4n) is 3.61. The summed E-state index contributed by atoms with van der Waals surface area (Å²) in [6, 6.07) is 9.10. The van der Waals surface area contributed by atoms with Crippen molar-refractivity contribution < 1.29 is 9.13 Å². The van der Waals surface area contributed by atoms with E-state index in [9.17, 15) is 4.39 Å². The molecule has 0 unspecified atom stereocenters. The van der Waals surface area contributed by atoms with Crippen molar-refractivity contribution >= 4 is 17.2 Å². The number of fused-ring (bicyclic) bond motifs is 1. The molecule has 3 aromatic rings. The molecule has 5 rings (SSSR count). The van der Waals surface area contributed by atoms with Gasteiger partial charge in [-0.1, -0.05) is 0 Å². The summed E-state index contributed by atoms with van der Waals surface area (Å²) in [7, 11) is 1.48. The Morgan fingerprint density at radius 2 is 1.78 bits per heavy atom. The standard InChI is InChI=1S/C19H21FN6O/c1-27-16-5-4-14(12-15(16)20)24-8-10-25(11-9-24)18-7-6-17-21-22-19(13-2-3-13)26(17)23-18/h4-7,12-13H,2-3,8-11H2,1H3. The normalized spacial score (nSPS) is 17.6. The van der Waals surface area contributed by atoms with Crippen LogP contribution >= 0.6 is 0 Å². The minimum atomic E-state index is -0.329. The summed E-state index contributed by atoms with van der Waals surface area (Å²) in [6.45, 7) is 3.27. The van der Waals surface area contributed by atoms with Gasteiger partial charge < -0.3 is 14.5 Å². The number of nitrogens with zero attached hydrogens (tertiary/aromatic N) is 6.